The van der Waals surface area contributed by atoms with E-state index in [0.29, 0.717) is 18.1 Å². The lowest BCUT2D eigenvalue weighted by Gasteiger charge is -2.07. The Morgan fingerprint density at radius 2 is 1.53 bits per heavy atom. The van der Waals surface area contributed by atoms with Crippen LogP contribution in [0.5, 0.6) is 11.5 Å². The Balaban J connectivity index is 1.62. The number of hydrogen-bond acceptors (Lipinski definition) is 6. The second-order valence-electron chi connectivity index (χ2n) is 6.94. The van der Waals surface area contributed by atoms with Crippen LogP contribution in [0.4, 0.5) is 0 Å². The van der Waals surface area contributed by atoms with Gasteiger partial charge >= 0.3 is 11.9 Å². The Kier molecular flexibility index (Phi) is 6.51. The molecule has 0 bridgehead atoms. The maximum atomic E-state index is 12.2. The molecule has 0 radical (unpaired) electrons. The average molecular weight is 429 g/mol. The fourth-order valence-electron chi connectivity index (χ4n) is 3.18. The van der Waals surface area contributed by atoms with Crippen LogP contribution in [0.25, 0.3) is 22.6 Å². The Bertz CT molecular complexity index is 1170. The largest absolute Gasteiger partial charge is 0.497 e. The standard InChI is InChI=1S/C26H23NO5/c1-3-30-26(28)25-27-23(19-9-13-21(29-2)14-10-19)24(32-25)20-11-15-22(16-12-20)31-17-18-7-5-4-6-8-18/h4-16H,3,17H2,1-2H3. The zero-order valence-electron chi connectivity index (χ0n) is 17.9. The molecular weight excluding hydrogens is 406 g/mol. The van der Waals surface area contributed by atoms with Crippen molar-refractivity contribution in [2.75, 3.05) is 13.7 Å². The molecule has 6 heteroatoms. The van der Waals surface area contributed by atoms with E-state index in [0.717, 1.165) is 28.2 Å². The first-order valence-corrected chi connectivity index (χ1v) is 10.3. The lowest BCUT2D eigenvalue weighted by atomic mass is 10.1. The minimum atomic E-state index is -0.601. The van der Waals surface area contributed by atoms with Gasteiger partial charge < -0.3 is 18.6 Å². The minimum absolute atomic E-state index is 0.0860. The molecule has 4 rings (SSSR count). The van der Waals surface area contributed by atoms with Gasteiger partial charge in [0.05, 0.1) is 13.7 Å². The van der Waals surface area contributed by atoms with Crippen molar-refractivity contribution >= 4 is 5.97 Å². The smallest absolute Gasteiger partial charge is 0.394 e. The van der Waals surface area contributed by atoms with Crippen molar-refractivity contribution in [1.29, 1.82) is 0 Å². The molecule has 0 N–H and O–H groups in total. The molecular formula is C26H23NO5. The van der Waals surface area contributed by atoms with Crippen molar-refractivity contribution in [2.45, 2.75) is 13.5 Å². The fourth-order valence-corrected chi connectivity index (χ4v) is 3.18. The molecule has 0 fully saturated rings. The molecule has 32 heavy (non-hydrogen) atoms. The van der Waals surface area contributed by atoms with Crippen LogP contribution >= 0.6 is 0 Å². The van der Waals surface area contributed by atoms with Crippen LogP contribution in [0.2, 0.25) is 0 Å². The minimum Gasteiger partial charge on any atom is -0.497 e. The molecule has 0 atom stereocenters. The third kappa shape index (κ3) is 4.81. The quantitative estimate of drug-likeness (QED) is 0.331. The number of benzene rings is 3. The summed E-state index contributed by atoms with van der Waals surface area (Å²) < 4.78 is 22.0. The zero-order valence-corrected chi connectivity index (χ0v) is 17.9. The van der Waals surface area contributed by atoms with E-state index in [1.807, 2.05) is 78.9 Å². The molecule has 0 aliphatic rings. The van der Waals surface area contributed by atoms with Crippen molar-refractivity contribution in [2.24, 2.45) is 0 Å². The van der Waals surface area contributed by atoms with Crippen LogP contribution in [-0.4, -0.2) is 24.7 Å². The van der Waals surface area contributed by atoms with E-state index in [4.69, 9.17) is 18.6 Å². The first-order chi connectivity index (χ1) is 15.7. The number of carbonyl (C=O) groups is 1. The van der Waals surface area contributed by atoms with Crippen molar-refractivity contribution in [3.63, 3.8) is 0 Å². The molecule has 0 aliphatic heterocycles. The van der Waals surface area contributed by atoms with Gasteiger partial charge in [-0.2, -0.15) is 0 Å². The topological polar surface area (TPSA) is 70.8 Å². The number of esters is 1. The third-order valence-corrected chi connectivity index (χ3v) is 4.81. The Labute approximate surface area is 186 Å². The Morgan fingerprint density at radius 1 is 0.875 bits per heavy atom. The van der Waals surface area contributed by atoms with Crippen molar-refractivity contribution in [1.82, 2.24) is 4.98 Å². The molecule has 0 unspecified atom stereocenters. The van der Waals surface area contributed by atoms with Gasteiger partial charge in [-0.25, -0.2) is 9.78 Å². The van der Waals surface area contributed by atoms with Crippen LogP contribution in [0, 0.1) is 0 Å². The predicted molar refractivity (Wildman–Crippen MR) is 121 cm³/mol. The van der Waals surface area contributed by atoms with Crippen LogP contribution < -0.4 is 9.47 Å². The number of hydrogen-bond donors (Lipinski definition) is 0. The van der Waals surface area contributed by atoms with Crippen molar-refractivity contribution < 1.29 is 23.4 Å². The lowest BCUT2D eigenvalue weighted by molar-refractivity contribution is 0.0482. The van der Waals surface area contributed by atoms with E-state index in [1.165, 1.54) is 0 Å². The summed E-state index contributed by atoms with van der Waals surface area (Å²) in [6.07, 6.45) is 0. The number of nitrogens with zero attached hydrogens (tertiary/aromatic N) is 1. The molecule has 0 saturated heterocycles. The summed E-state index contributed by atoms with van der Waals surface area (Å²) in [5.74, 6) is 1.25. The summed E-state index contributed by atoms with van der Waals surface area (Å²) in [5.41, 5.74) is 3.21. The van der Waals surface area contributed by atoms with Crippen molar-refractivity contribution in [3.05, 3.63) is 90.3 Å². The third-order valence-electron chi connectivity index (χ3n) is 4.81. The number of ether oxygens (including phenoxy) is 3. The number of rotatable bonds is 8. The van der Waals surface area contributed by atoms with E-state index in [2.05, 4.69) is 4.98 Å². The summed E-state index contributed by atoms with van der Waals surface area (Å²) in [7, 11) is 1.61. The summed E-state index contributed by atoms with van der Waals surface area (Å²) in [6.45, 7) is 2.45. The maximum absolute atomic E-state index is 12.2. The van der Waals surface area contributed by atoms with Gasteiger partial charge in [0.2, 0.25) is 0 Å². The first-order valence-electron chi connectivity index (χ1n) is 10.3. The van der Waals surface area contributed by atoms with E-state index in [-0.39, 0.29) is 12.5 Å². The van der Waals surface area contributed by atoms with Crippen LogP contribution in [0.1, 0.15) is 23.2 Å². The summed E-state index contributed by atoms with van der Waals surface area (Å²) in [4.78, 5) is 16.6. The predicted octanol–water partition coefficient (Wildman–Crippen LogP) is 5.77. The highest BCUT2D eigenvalue weighted by molar-refractivity contribution is 5.88. The van der Waals surface area contributed by atoms with Crippen LogP contribution in [0.3, 0.4) is 0 Å². The molecule has 6 nitrogen and oxygen atoms in total. The molecule has 4 aromatic rings. The molecule has 0 saturated carbocycles. The van der Waals surface area contributed by atoms with Gasteiger partial charge in [0, 0.05) is 11.1 Å². The second kappa shape index (κ2) is 9.83. The van der Waals surface area contributed by atoms with Gasteiger partial charge in [-0.05, 0) is 61.0 Å². The van der Waals surface area contributed by atoms with E-state index >= 15 is 0 Å². The van der Waals surface area contributed by atoms with Gasteiger partial charge in [-0.3, -0.25) is 0 Å². The summed E-state index contributed by atoms with van der Waals surface area (Å²) in [6, 6.07) is 24.8. The molecule has 0 amide bonds. The van der Waals surface area contributed by atoms with Gasteiger partial charge in [0.15, 0.2) is 5.76 Å². The molecule has 1 aromatic heterocycles. The fraction of sp³-hybridized carbons (Fsp3) is 0.154. The normalized spacial score (nSPS) is 10.6. The molecule has 1 heterocycles. The number of oxazole rings is 1. The number of methoxy groups -OCH3 is 1. The molecule has 0 spiro atoms. The Hall–Kier alpha value is -4.06. The zero-order chi connectivity index (χ0) is 22.3. The molecule has 0 aliphatic carbocycles. The first kappa shape index (κ1) is 21.2. The summed E-state index contributed by atoms with van der Waals surface area (Å²) >= 11 is 0. The van der Waals surface area contributed by atoms with Gasteiger partial charge in [-0.15, -0.1) is 0 Å². The maximum Gasteiger partial charge on any atom is 0.394 e. The lowest BCUT2D eigenvalue weighted by Crippen LogP contribution is -2.04. The van der Waals surface area contributed by atoms with Crippen LogP contribution in [-0.2, 0) is 11.3 Å². The number of carbonyl (C=O) groups excluding carboxylic acids is 1. The van der Waals surface area contributed by atoms with E-state index in [9.17, 15) is 4.79 Å². The summed E-state index contributed by atoms with van der Waals surface area (Å²) in [5, 5.41) is 0. The number of aromatic nitrogens is 1. The molecule has 3 aromatic carbocycles. The Morgan fingerprint density at radius 3 is 2.19 bits per heavy atom. The van der Waals surface area contributed by atoms with E-state index < -0.39 is 5.97 Å². The highest BCUT2D eigenvalue weighted by atomic mass is 16.5. The van der Waals surface area contributed by atoms with Gasteiger partial charge in [0.25, 0.3) is 0 Å². The SMILES string of the molecule is CCOC(=O)c1nc(-c2ccc(OC)cc2)c(-c2ccc(OCc3ccccc3)cc2)o1. The highest BCUT2D eigenvalue weighted by Crippen LogP contribution is 2.34. The van der Waals surface area contributed by atoms with E-state index in [1.54, 1.807) is 14.0 Å². The van der Waals surface area contributed by atoms with Crippen molar-refractivity contribution in [3.8, 4) is 34.1 Å². The average Bonchev–Trinajstić information content (AvgIpc) is 3.30. The molecule has 162 valence electrons. The van der Waals surface area contributed by atoms with Gasteiger partial charge in [0.1, 0.15) is 23.8 Å². The second-order valence-corrected chi connectivity index (χ2v) is 6.94. The monoisotopic (exact) mass is 429 g/mol. The van der Waals surface area contributed by atoms with Gasteiger partial charge in [-0.1, -0.05) is 30.3 Å². The van der Waals surface area contributed by atoms with Crippen LogP contribution in [0.15, 0.2) is 83.3 Å². The highest BCUT2D eigenvalue weighted by Gasteiger charge is 2.22.